The Morgan fingerprint density at radius 2 is 2.00 bits per heavy atom. The molecule has 0 radical (unpaired) electrons. The Balaban J connectivity index is 2.11. The fourth-order valence-corrected chi connectivity index (χ4v) is 2.48. The van der Waals surface area contributed by atoms with Crippen molar-refractivity contribution in [1.82, 2.24) is 4.57 Å². The van der Waals surface area contributed by atoms with E-state index in [2.05, 4.69) is 0 Å². The largest absolute Gasteiger partial charge is 0.419 e. The summed E-state index contributed by atoms with van der Waals surface area (Å²) in [5.74, 6) is -0.795. The lowest BCUT2D eigenvalue weighted by molar-refractivity contribution is 0.528. The third-order valence-corrected chi connectivity index (χ3v) is 3.77. The highest BCUT2D eigenvalue weighted by Crippen LogP contribution is 2.31. The van der Waals surface area contributed by atoms with E-state index in [4.69, 9.17) is 16.0 Å². The van der Waals surface area contributed by atoms with Gasteiger partial charge in [0.15, 0.2) is 5.58 Å². The number of rotatable bonds is 2. The zero-order valence-electron chi connectivity index (χ0n) is 10.6. The van der Waals surface area contributed by atoms with Crippen LogP contribution in [-0.4, -0.2) is 4.57 Å². The Hall–Kier alpha value is -2.07. The van der Waals surface area contributed by atoms with Crippen LogP contribution in [0.5, 0.6) is 0 Å². The predicted molar refractivity (Wildman–Crippen MR) is 75.6 cm³/mol. The summed E-state index contributed by atoms with van der Waals surface area (Å²) in [6.45, 7) is 0. The zero-order valence-corrected chi connectivity index (χ0v) is 11.4. The molecule has 3 aromatic rings. The van der Waals surface area contributed by atoms with Crippen molar-refractivity contribution in [2.75, 3.05) is 0 Å². The van der Waals surface area contributed by atoms with Crippen molar-refractivity contribution in [1.29, 1.82) is 0 Å². The first-order chi connectivity index (χ1) is 9.58. The highest BCUT2D eigenvalue weighted by atomic mass is 35.5. The topological polar surface area (TPSA) is 35.1 Å². The van der Waals surface area contributed by atoms with Crippen molar-refractivity contribution in [3.8, 4) is 0 Å². The van der Waals surface area contributed by atoms with Gasteiger partial charge in [-0.05, 0) is 23.8 Å². The van der Waals surface area contributed by atoms with Crippen LogP contribution in [0.25, 0.3) is 11.1 Å². The molecule has 3 nitrogen and oxygen atoms in total. The lowest BCUT2D eigenvalue weighted by atomic mass is 10.0. The van der Waals surface area contributed by atoms with E-state index in [1.165, 1.54) is 10.6 Å². The average molecular weight is 292 g/mol. The summed E-state index contributed by atoms with van der Waals surface area (Å²) < 4.78 is 20.3. The van der Waals surface area contributed by atoms with Crippen molar-refractivity contribution in [3.63, 3.8) is 0 Å². The molecule has 0 N–H and O–H groups in total. The molecule has 0 spiro atoms. The number of aryl methyl sites for hydroxylation is 1. The molecular weight excluding hydrogens is 281 g/mol. The van der Waals surface area contributed by atoms with Gasteiger partial charge in [0.2, 0.25) is 0 Å². The number of halogens is 2. The van der Waals surface area contributed by atoms with Gasteiger partial charge in [0.05, 0.1) is 10.9 Å². The van der Waals surface area contributed by atoms with Gasteiger partial charge in [0, 0.05) is 12.6 Å². The van der Waals surface area contributed by atoms with Gasteiger partial charge in [0.25, 0.3) is 0 Å². The van der Waals surface area contributed by atoms with Crippen LogP contribution in [0.4, 0.5) is 4.39 Å². The van der Waals surface area contributed by atoms with Crippen LogP contribution in [0.15, 0.2) is 51.7 Å². The molecule has 20 heavy (non-hydrogen) atoms. The quantitative estimate of drug-likeness (QED) is 0.676. The first-order valence-electron chi connectivity index (χ1n) is 6.06. The minimum atomic E-state index is -0.633. The number of hydrogen-bond acceptors (Lipinski definition) is 2. The molecule has 3 rings (SSSR count). The number of benzene rings is 2. The minimum Gasteiger partial charge on any atom is -0.408 e. The second-order valence-corrected chi connectivity index (χ2v) is 4.97. The first kappa shape index (κ1) is 12.9. The number of fused-ring (bicyclic) bond motifs is 1. The second kappa shape index (κ2) is 4.80. The summed E-state index contributed by atoms with van der Waals surface area (Å²) in [5, 5.41) is -0.633. The highest BCUT2D eigenvalue weighted by molar-refractivity contribution is 6.22. The third-order valence-electron chi connectivity index (χ3n) is 3.29. The summed E-state index contributed by atoms with van der Waals surface area (Å²) in [6, 6.07) is 11.5. The fraction of sp³-hybridized carbons (Fsp3) is 0.133. The zero-order chi connectivity index (χ0) is 14.3. The fourth-order valence-electron chi connectivity index (χ4n) is 2.17. The van der Waals surface area contributed by atoms with Gasteiger partial charge >= 0.3 is 5.76 Å². The normalized spacial score (nSPS) is 12.8. The molecule has 1 atom stereocenters. The third kappa shape index (κ3) is 2.02. The van der Waals surface area contributed by atoms with E-state index < -0.39 is 11.1 Å². The molecule has 0 aliphatic heterocycles. The van der Waals surface area contributed by atoms with Gasteiger partial charge < -0.3 is 4.42 Å². The number of nitrogens with zero attached hydrogens (tertiary/aromatic N) is 1. The van der Waals surface area contributed by atoms with Crippen LogP contribution in [0.3, 0.4) is 0 Å². The molecule has 0 saturated carbocycles. The summed E-state index contributed by atoms with van der Waals surface area (Å²) in [5.41, 5.74) is 2.19. The molecule has 2 aromatic carbocycles. The van der Waals surface area contributed by atoms with E-state index in [9.17, 15) is 9.18 Å². The summed E-state index contributed by atoms with van der Waals surface area (Å²) >= 11 is 6.32. The molecule has 1 heterocycles. The maximum atomic E-state index is 13.7. The number of alkyl halides is 1. The smallest absolute Gasteiger partial charge is 0.408 e. The van der Waals surface area contributed by atoms with Gasteiger partial charge in [-0.15, -0.1) is 11.6 Å². The van der Waals surface area contributed by atoms with E-state index in [1.807, 2.05) is 0 Å². The molecule has 1 aromatic heterocycles. The van der Waals surface area contributed by atoms with Crippen molar-refractivity contribution >= 4 is 22.7 Å². The molecular formula is C15H11ClFNO2. The summed E-state index contributed by atoms with van der Waals surface area (Å²) in [7, 11) is 1.63. The van der Waals surface area contributed by atoms with Gasteiger partial charge in [0.1, 0.15) is 5.82 Å². The van der Waals surface area contributed by atoms with Crippen LogP contribution >= 0.6 is 11.6 Å². The Morgan fingerprint density at radius 1 is 1.25 bits per heavy atom. The van der Waals surface area contributed by atoms with Gasteiger partial charge in [-0.1, -0.05) is 24.3 Å². The first-order valence-corrected chi connectivity index (χ1v) is 6.49. The monoisotopic (exact) mass is 291 g/mol. The van der Waals surface area contributed by atoms with E-state index in [0.29, 0.717) is 22.2 Å². The van der Waals surface area contributed by atoms with Crippen molar-refractivity contribution in [2.24, 2.45) is 7.05 Å². The second-order valence-electron chi connectivity index (χ2n) is 4.54. The van der Waals surface area contributed by atoms with Gasteiger partial charge in [-0.2, -0.15) is 0 Å². The standard InChI is InChI=1S/C15H11ClFNO2/c1-18-12-7-6-9(8-13(12)20-15(18)19)14(16)10-4-2-3-5-11(10)17/h2-8,14H,1H3. The van der Waals surface area contributed by atoms with E-state index >= 15 is 0 Å². The summed E-state index contributed by atoms with van der Waals surface area (Å²) in [4.78, 5) is 11.4. The lowest BCUT2D eigenvalue weighted by Crippen LogP contribution is -2.08. The molecule has 0 saturated heterocycles. The van der Waals surface area contributed by atoms with Crippen LogP contribution in [-0.2, 0) is 7.05 Å². The maximum absolute atomic E-state index is 13.7. The van der Waals surface area contributed by atoms with Crippen LogP contribution in [0.1, 0.15) is 16.5 Å². The average Bonchev–Trinajstić information content (AvgIpc) is 2.73. The lowest BCUT2D eigenvalue weighted by Gasteiger charge is -2.11. The molecule has 0 aliphatic carbocycles. The van der Waals surface area contributed by atoms with Gasteiger partial charge in [-0.25, -0.2) is 9.18 Å². The molecule has 0 aliphatic rings. The molecule has 0 bridgehead atoms. The van der Waals surface area contributed by atoms with Crippen molar-refractivity contribution in [2.45, 2.75) is 5.38 Å². The number of oxazole rings is 1. The van der Waals surface area contributed by atoms with Crippen LogP contribution in [0.2, 0.25) is 0 Å². The molecule has 5 heteroatoms. The Morgan fingerprint density at radius 3 is 2.75 bits per heavy atom. The molecule has 0 fully saturated rings. The van der Waals surface area contributed by atoms with Crippen LogP contribution < -0.4 is 5.76 Å². The van der Waals surface area contributed by atoms with E-state index in [-0.39, 0.29) is 5.82 Å². The minimum absolute atomic E-state index is 0.359. The Bertz CT molecular complexity index is 837. The van der Waals surface area contributed by atoms with E-state index in [0.717, 1.165) is 0 Å². The number of hydrogen-bond donors (Lipinski definition) is 0. The maximum Gasteiger partial charge on any atom is 0.419 e. The van der Waals surface area contributed by atoms with Crippen LogP contribution in [0, 0.1) is 5.82 Å². The van der Waals surface area contributed by atoms with E-state index in [1.54, 1.807) is 43.4 Å². The molecule has 102 valence electrons. The molecule has 0 amide bonds. The van der Waals surface area contributed by atoms with Crippen molar-refractivity contribution < 1.29 is 8.81 Å². The van der Waals surface area contributed by atoms with Gasteiger partial charge in [-0.3, -0.25) is 4.57 Å². The SMILES string of the molecule is Cn1c(=O)oc2cc(C(Cl)c3ccccc3F)ccc21. The Kier molecular flexibility index (Phi) is 3.10. The Labute approximate surface area is 119 Å². The number of aromatic nitrogens is 1. The predicted octanol–water partition coefficient (Wildman–Crippen LogP) is 3.60. The highest BCUT2D eigenvalue weighted by Gasteiger charge is 2.16. The van der Waals surface area contributed by atoms with Crippen molar-refractivity contribution in [3.05, 3.63) is 70.0 Å². The summed E-state index contributed by atoms with van der Waals surface area (Å²) in [6.07, 6.45) is 0. The molecule has 1 unspecified atom stereocenters.